The molecule has 1 atom stereocenters. The van der Waals surface area contributed by atoms with Gasteiger partial charge in [0.2, 0.25) is 5.91 Å². The van der Waals surface area contributed by atoms with E-state index in [2.05, 4.69) is 42.3 Å². The zero-order valence-corrected chi connectivity index (χ0v) is 21.2. The molecule has 4 aromatic rings. The van der Waals surface area contributed by atoms with Crippen LogP contribution in [0.2, 0.25) is 0 Å². The maximum Gasteiger partial charge on any atom is 0.244 e. The molecule has 4 rings (SSSR count). The van der Waals surface area contributed by atoms with Crippen LogP contribution in [0.25, 0.3) is 10.9 Å². The number of anilines is 1. The van der Waals surface area contributed by atoms with E-state index in [1.54, 1.807) is 25.3 Å². The first kappa shape index (κ1) is 22.8. The van der Waals surface area contributed by atoms with Crippen LogP contribution >= 0.6 is 31.9 Å². The number of nitrogens with one attached hydrogen (secondary N) is 1. The van der Waals surface area contributed by atoms with Crippen LogP contribution in [0.4, 0.5) is 5.82 Å². The molecule has 32 heavy (non-hydrogen) atoms. The molecule has 0 bridgehead atoms. The highest BCUT2D eigenvalue weighted by Crippen LogP contribution is 2.30. The fourth-order valence-corrected chi connectivity index (χ4v) is 6.32. The van der Waals surface area contributed by atoms with Gasteiger partial charge in [0.25, 0.3) is 0 Å². The molecule has 0 saturated heterocycles. The number of nitrogens with zero attached hydrogens (tertiary/aromatic N) is 2. The molecule has 0 aliphatic rings. The van der Waals surface area contributed by atoms with Gasteiger partial charge in [0.05, 0.1) is 4.90 Å². The van der Waals surface area contributed by atoms with E-state index in [1.807, 2.05) is 34.9 Å². The maximum atomic E-state index is 13.4. The number of carbonyl (C=O) groups is 1. The van der Waals surface area contributed by atoms with Gasteiger partial charge < -0.3 is 14.4 Å². The number of benzene rings is 2. The Balaban J connectivity index is 1.71. The smallest absolute Gasteiger partial charge is 0.244 e. The molecule has 0 saturated carbocycles. The summed E-state index contributed by atoms with van der Waals surface area (Å²) in [5, 5.41) is 5.45. The van der Waals surface area contributed by atoms with Crippen LogP contribution in [-0.2, 0) is 21.2 Å². The summed E-state index contributed by atoms with van der Waals surface area (Å²) in [5.41, 5.74) is 1.75. The van der Waals surface area contributed by atoms with E-state index >= 15 is 0 Å². The molecular weight excluding hydrogens is 562 g/mol. The van der Waals surface area contributed by atoms with Crippen LogP contribution in [0.1, 0.15) is 18.2 Å². The van der Waals surface area contributed by atoms with Crippen molar-refractivity contribution in [2.45, 2.75) is 30.5 Å². The zero-order valence-electron chi connectivity index (χ0n) is 17.2. The minimum atomic E-state index is -3.98. The lowest BCUT2D eigenvalue weighted by atomic mass is 10.2. The zero-order chi connectivity index (χ0) is 23.0. The fourth-order valence-electron chi connectivity index (χ4n) is 3.45. The number of aryl methyl sites for hydroxylation is 1. The lowest BCUT2D eigenvalue weighted by Crippen LogP contribution is -2.32. The average molecular weight is 581 g/mol. The molecule has 0 aliphatic heterocycles. The van der Waals surface area contributed by atoms with Gasteiger partial charge in [-0.2, -0.15) is 0 Å². The Morgan fingerprint density at radius 1 is 1.16 bits per heavy atom. The number of hydrogen-bond donors (Lipinski definition) is 1. The van der Waals surface area contributed by atoms with Gasteiger partial charge in [0, 0.05) is 38.7 Å². The SMILES string of the molecule is Cc1cc(NC(=O)C(C)S(=O)(=O)c2cn(Cc3cc(Br)cc(Br)c3)c3ccccc23)no1. The van der Waals surface area contributed by atoms with E-state index in [0.29, 0.717) is 17.7 Å². The Bertz CT molecular complexity index is 1410. The molecule has 166 valence electrons. The van der Waals surface area contributed by atoms with Gasteiger partial charge in [0.1, 0.15) is 11.0 Å². The van der Waals surface area contributed by atoms with E-state index in [1.165, 1.54) is 13.0 Å². The van der Waals surface area contributed by atoms with Crippen LogP contribution in [0.15, 0.2) is 73.1 Å². The molecule has 0 radical (unpaired) electrons. The molecule has 2 aromatic heterocycles. The van der Waals surface area contributed by atoms with E-state index < -0.39 is 21.0 Å². The maximum absolute atomic E-state index is 13.4. The summed E-state index contributed by atoms with van der Waals surface area (Å²) in [4.78, 5) is 12.8. The highest BCUT2D eigenvalue weighted by atomic mass is 79.9. The molecule has 1 amide bonds. The molecular formula is C22H19Br2N3O4S. The molecule has 1 N–H and O–H groups in total. The summed E-state index contributed by atoms with van der Waals surface area (Å²) in [5.74, 6) is 0.0151. The number of rotatable bonds is 6. The van der Waals surface area contributed by atoms with Gasteiger partial charge in [-0.3, -0.25) is 4.79 Å². The number of sulfone groups is 1. The van der Waals surface area contributed by atoms with Gasteiger partial charge >= 0.3 is 0 Å². The highest BCUT2D eigenvalue weighted by Gasteiger charge is 2.33. The molecule has 0 aliphatic carbocycles. The van der Waals surface area contributed by atoms with Crippen molar-refractivity contribution in [2.75, 3.05) is 5.32 Å². The van der Waals surface area contributed by atoms with Crippen LogP contribution in [0, 0.1) is 6.92 Å². The molecule has 0 spiro atoms. The molecule has 7 nitrogen and oxygen atoms in total. The number of aromatic nitrogens is 2. The average Bonchev–Trinajstić information content (AvgIpc) is 3.30. The summed E-state index contributed by atoms with van der Waals surface area (Å²) >= 11 is 6.97. The fraction of sp³-hybridized carbons (Fsp3) is 0.182. The van der Waals surface area contributed by atoms with E-state index in [4.69, 9.17) is 4.52 Å². The van der Waals surface area contributed by atoms with Gasteiger partial charge in [-0.25, -0.2) is 8.42 Å². The summed E-state index contributed by atoms with van der Waals surface area (Å²) in [6.45, 7) is 3.52. The van der Waals surface area contributed by atoms with Crippen molar-refractivity contribution in [3.8, 4) is 0 Å². The van der Waals surface area contributed by atoms with Crippen molar-refractivity contribution in [3.63, 3.8) is 0 Å². The summed E-state index contributed by atoms with van der Waals surface area (Å²) in [6.07, 6.45) is 1.60. The van der Waals surface area contributed by atoms with Crippen molar-refractivity contribution in [1.29, 1.82) is 0 Å². The third kappa shape index (κ3) is 4.53. The second-order valence-corrected chi connectivity index (χ2v) is 11.5. The van der Waals surface area contributed by atoms with Crippen molar-refractivity contribution < 1.29 is 17.7 Å². The lowest BCUT2D eigenvalue weighted by molar-refractivity contribution is -0.115. The topological polar surface area (TPSA) is 94.2 Å². The third-order valence-electron chi connectivity index (χ3n) is 5.05. The molecule has 2 heterocycles. The van der Waals surface area contributed by atoms with Crippen molar-refractivity contribution >= 4 is 64.3 Å². The summed E-state index contributed by atoms with van der Waals surface area (Å²) in [6, 6.07) is 14.7. The molecule has 1 unspecified atom stereocenters. The van der Waals surface area contributed by atoms with Gasteiger partial charge in [-0.1, -0.05) is 55.2 Å². The number of halogens is 2. The number of carbonyl (C=O) groups excluding carboxylic acids is 1. The van der Waals surface area contributed by atoms with Crippen molar-refractivity contribution in [1.82, 2.24) is 9.72 Å². The van der Waals surface area contributed by atoms with E-state index in [0.717, 1.165) is 20.0 Å². The predicted molar refractivity (Wildman–Crippen MR) is 129 cm³/mol. The minimum absolute atomic E-state index is 0.112. The Morgan fingerprint density at radius 3 is 2.50 bits per heavy atom. The number of fused-ring (bicyclic) bond motifs is 1. The standard InChI is InChI=1S/C22H19Br2N3O4S/c1-13-7-21(26-31-13)25-22(28)14(2)32(29,30)20-12-27(19-6-4-3-5-18(19)20)11-15-8-16(23)10-17(24)9-15/h3-10,12,14H,11H2,1-2H3,(H,25,26,28). The normalized spacial score (nSPS) is 12.8. The van der Waals surface area contributed by atoms with Gasteiger partial charge in [0.15, 0.2) is 15.7 Å². The van der Waals surface area contributed by atoms with Crippen LogP contribution in [0.5, 0.6) is 0 Å². The van der Waals surface area contributed by atoms with Gasteiger partial charge in [-0.05, 0) is 43.7 Å². The highest BCUT2D eigenvalue weighted by molar-refractivity contribution is 9.11. The number of hydrogen-bond acceptors (Lipinski definition) is 5. The first-order valence-electron chi connectivity index (χ1n) is 9.66. The monoisotopic (exact) mass is 579 g/mol. The first-order valence-corrected chi connectivity index (χ1v) is 12.8. The Morgan fingerprint density at radius 2 is 1.84 bits per heavy atom. The molecule has 10 heteroatoms. The van der Waals surface area contributed by atoms with Crippen molar-refractivity contribution in [3.05, 3.63) is 75.0 Å². The molecule has 2 aromatic carbocycles. The van der Waals surface area contributed by atoms with Crippen LogP contribution in [-0.4, -0.2) is 29.3 Å². The minimum Gasteiger partial charge on any atom is -0.360 e. The first-order chi connectivity index (χ1) is 15.1. The largest absolute Gasteiger partial charge is 0.360 e. The van der Waals surface area contributed by atoms with E-state index in [-0.39, 0.29) is 10.7 Å². The predicted octanol–water partition coefficient (Wildman–Crippen LogP) is 5.31. The third-order valence-corrected chi connectivity index (χ3v) is 8.05. The lowest BCUT2D eigenvalue weighted by Gasteiger charge is -2.11. The van der Waals surface area contributed by atoms with Gasteiger partial charge in [-0.15, -0.1) is 0 Å². The Hall–Kier alpha value is -2.43. The van der Waals surface area contributed by atoms with Crippen LogP contribution < -0.4 is 5.32 Å². The van der Waals surface area contributed by atoms with Crippen molar-refractivity contribution in [2.24, 2.45) is 0 Å². The second kappa shape index (κ2) is 8.84. The van der Waals surface area contributed by atoms with Crippen LogP contribution in [0.3, 0.4) is 0 Å². The second-order valence-electron chi connectivity index (χ2n) is 7.42. The Labute approximate surface area is 202 Å². The summed E-state index contributed by atoms with van der Waals surface area (Å²) < 4.78 is 35.5. The summed E-state index contributed by atoms with van der Waals surface area (Å²) in [7, 11) is -3.98. The Kier molecular flexibility index (Phi) is 6.28. The number of para-hydroxylation sites is 1. The quantitative estimate of drug-likeness (QED) is 0.333. The van der Waals surface area contributed by atoms with E-state index in [9.17, 15) is 13.2 Å². The number of amides is 1. The molecule has 0 fully saturated rings.